The van der Waals surface area contributed by atoms with Crippen molar-refractivity contribution in [1.29, 1.82) is 0 Å². The first-order valence-corrected chi connectivity index (χ1v) is 8.23. The van der Waals surface area contributed by atoms with E-state index in [-0.39, 0.29) is 16.9 Å². The SMILES string of the molecule is C=C(Nc1cccc(C(F)(F)F)c1)c1c(/C=C(\N)CCCN)cc[nH]c1=O. The third-order valence-electron chi connectivity index (χ3n) is 3.79. The first kappa shape index (κ1) is 20.3. The minimum absolute atomic E-state index is 0.161. The van der Waals surface area contributed by atoms with Crippen LogP contribution in [-0.2, 0) is 6.18 Å². The number of H-pyrrole nitrogens is 1. The second-order valence-corrected chi connectivity index (χ2v) is 5.93. The topological polar surface area (TPSA) is 96.9 Å². The molecule has 144 valence electrons. The molecule has 0 saturated heterocycles. The van der Waals surface area contributed by atoms with Gasteiger partial charge in [-0.15, -0.1) is 0 Å². The molecule has 0 unspecified atom stereocenters. The van der Waals surface area contributed by atoms with Crippen LogP contribution in [-0.4, -0.2) is 11.5 Å². The minimum atomic E-state index is -4.46. The Balaban J connectivity index is 2.33. The van der Waals surface area contributed by atoms with Crippen LogP contribution in [0, 0.1) is 0 Å². The summed E-state index contributed by atoms with van der Waals surface area (Å²) in [5.74, 6) is 0. The van der Waals surface area contributed by atoms with Gasteiger partial charge in [-0.2, -0.15) is 13.2 Å². The summed E-state index contributed by atoms with van der Waals surface area (Å²) >= 11 is 0. The highest BCUT2D eigenvalue weighted by Crippen LogP contribution is 2.31. The molecule has 0 spiro atoms. The summed E-state index contributed by atoms with van der Waals surface area (Å²) in [4.78, 5) is 14.8. The fraction of sp³-hybridized carbons (Fsp3) is 0.211. The highest BCUT2D eigenvalue weighted by atomic mass is 19.4. The quantitative estimate of drug-likeness (QED) is 0.593. The standard InChI is InChI=1S/C19H21F3N4O/c1-12(26-16-6-2-4-14(11-16)19(20,21)22)17-13(7-9-25-18(17)27)10-15(24)5-3-8-23/h2,4,6-7,9-11,26H,1,3,5,8,23-24H2,(H,25,27)/b15-10-. The van der Waals surface area contributed by atoms with Crippen molar-refractivity contribution in [2.24, 2.45) is 11.5 Å². The fourth-order valence-corrected chi connectivity index (χ4v) is 2.51. The number of aromatic nitrogens is 1. The summed E-state index contributed by atoms with van der Waals surface area (Å²) < 4.78 is 38.6. The maximum Gasteiger partial charge on any atom is 0.416 e. The van der Waals surface area contributed by atoms with E-state index < -0.39 is 17.3 Å². The number of halogens is 3. The van der Waals surface area contributed by atoms with Crippen molar-refractivity contribution in [3.8, 4) is 0 Å². The molecule has 1 heterocycles. The first-order valence-electron chi connectivity index (χ1n) is 8.23. The van der Waals surface area contributed by atoms with E-state index in [1.54, 1.807) is 12.1 Å². The van der Waals surface area contributed by atoms with Gasteiger partial charge in [0, 0.05) is 23.3 Å². The molecule has 0 fully saturated rings. The Hall–Kier alpha value is -3.00. The molecule has 0 radical (unpaired) electrons. The van der Waals surface area contributed by atoms with Crippen LogP contribution in [0.2, 0.25) is 0 Å². The second kappa shape index (κ2) is 8.59. The van der Waals surface area contributed by atoms with E-state index in [1.807, 2.05) is 0 Å². The van der Waals surface area contributed by atoms with Crippen LogP contribution in [0.4, 0.5) is 18.9 Å². The van der Waals surface area contributed by atoms with Crippen molar-refractivity contribution in [3.63, 3.8) is 0 Å². The molecular weight excluding hydrogens is 357 g/mol. The Morgan fingerprint density at radius 1 is 1.30 bits per heavy atom. The van der Waals surface area contributed by atoms with Gasteiger partial charge in [-0.3, -0.25) is 4.79 Å². The maximum atomic E-state index is 12.9. The van der Waals surface area contributed by atoms with Gasteiger partial charge in [0.05, 0.1) is 11.1 Å². The largest absolute Gasteiger partial charge is 0.416 e. The zero-order valence-electron chi connectivity index (χ0n) is 14.6. The molecule has 0 atom stereocenters. The summed E-state index contributed by atoms with van der Waals surface area (Å²) in [6.07, 6.45) is -0.0974. The monoisotopic (exact) mass is 378 g/mol. The van der Waals surface area contributed by atoms with Gasteiger partial charge in [0.15, 0.2) is 0 Å². The molecule has 0 aliphatic rings. The summed E-state index contributed by atoms with van der Waals surface area (Å²) in [5, 5.41) is 2.76. The number of nitrogens with two attached hydrogens (primary N) is 2. The molecule has 1 aromatic carbocycles. The van der Waals surface area contributed by atoms with E-state index >= 15 is 0 Å². The molecule has 0 amide bonds. The van der Waals surface area contributed by atoms with E-state index in [1.165, 1.54) is 18.3 Å². The molecular formula is C19H21F3N4O. The predicted octanol–water partition coefficient (Wildman–Crippen LogP) is 3.52. The molecule has 5 nitrogen and oxygen atoms in total. The normalized spacial score (nSPS) is 12.1. The highest BCUT2D eigenvalue weighted by molar-refractivity contribution is 5.80. The lowest BCUT2D eigenvalue weighted by Crippen LogP contribution is -2.16. The number of hydrogen-bond donors (Lipinski definition) is 4. The Bertz CT molecular complexity index is 900. The van der Waals surface area contributed by atoms with E-state index in [2.05, 4.69) is 16.9 Å². The Morgan fingerprint density at radius 2 is 2.04 bits per heavy atom. The summed E-state index contributed by atoms with van der Waals surface area (Å²) in [5.41, 5.74) is 11.8. The second-order valence-electron chi connectivity index (χ2n) is 5.93. The van der Waals surface area contributed by atoms with Crippen molar-refractivity contribution in [1.82, 2.24) is 4.98 Å². The van der Waals surface area contributed by atoms with Crippen LogP contribution in [0.5, 0.6) is 0 Å². The van der Waals surface area contributed by atoms with Crippen LogP contribution < -0.4 is 22.3 Å². The van der Waals surface area contributed by atoms with Crippen LogP contribution in [0.25, 0.3) is 11.8 Å². The van der Waals surface area contributed by atoms with Gasteiger partial charge in [0.1, 0.15) is 0 Å². The molecule has 27 heavy (non-hydrogen) atoms. The highest BCUT2D eigenvalue weighted by Gasteiger charge is 2.30. The third kappa shape index (κ3) is 5.49. The lowest BCUT2D eigenvalue weighted by atomic mass is 10.0. The van der Waals surface area contributed by atoms with Crippen molar-refractivity contribution >= 4 is 17.5 Å². The Kier molecular flexibility index (Phi) is 6.46. The van der Waals surface area contributed by atoms with Crippen LogP contribution in [0.1, 0.15) is 29.5 Å². The van der Waals surface area contributed by atoms with Gasteiger partial charge >= 0.3 is 6.18 Å². The number of pyridine rings is 1. The summed E-state index contributed by atoms with van der Waals surface area (Å²) in [6.45, 7) is 4.29. The van der Waals surface area contributed by atoms with Gasteiger partial charge in [0.25, 0.3) is 5.56 Å². The predicted molar refractivity (Wildman–Crippen MR) is 102 cm³/mol. The Morgan fingerprint density at radius 3 is 2.70 bits per heavy atom. The molecule has 0 aliphatic carbocycles. The number of rotatable bonds is 7. The number of benzene rings is 1. The van der Waals surface area contributed by atoms with Gasteiger partial charge in [-0.1, -0.05) is 12.6 Å². The average Bonchev–Trinajstić information content (AvgIpc) is 2.59. The van der Waals surface area contributed by atoms with Crippen molar-refractivity contribution in [3.05, 3.63) is 75.8 Å². The van der Waals surface area contributed by atoms with E-state index in [0.29, 0.717) is 30.6 Å². The molecule has 1 aromatic heterocycles. The van der Waals surface area contributed by atoms with Gasteiger partial charge in [-0.05, 0) is 55.3 Å². The van der Waals surface area contributed by atoms with E-state index in [9.17, 15) is 18.0 Å². The molecule has 0 aliphatic heterocycles. The van der Waals surface area contributed by atoms with E-state index in [0.717, 1.165) is 12.1 Å². The third-order valence-corrected chi connectivity index (χ3v) is 3.79. The number of aromatic amines is 1. The van der Waals surface area contributed by atoms with Crippen molar-refractivity contribution in [2.45, 2.75) is 19.0 Å². The zero-order chi connectivity index (χ0) is 20.0. The van der Waals surface area contributed by atoms with Crippen LogP contribution >= 0.6 is 0 Å². The summed E-state index contributed by atoms with van der Waals surface area (Å²) in [6, 6.07) is 6.30. The average molecular weight is 378 g/mol. The molecule has 6 N–H and O–H groups in total. The van der Waals surface area contributed by atoms with Crippen LogP contribution in [0.15, 0.2) is 53.6 Å². The number of anilines is 1. The Labute approximate surface area is 154 Å². The number of hydrogen-bond acceptors (Lipinski definition) is 4. The first-order chi connectivity index (χ1) is 12.7. The molecule has 2 aromatic rings. The lowest BCUT2D eigenvalue weighted by molar-refractivity contribution is -0.137. The van der Waals surface area contributed by atoms with Crippen LogP contribution in [0.3, 0.4) is 0 Å². The van der Waals surface area contributed by atoms with Crippen molar-refractivity contribution in [2.75, 3.05) is 11.9 Å². The van der Waals surface area contributed by atoms with E-state index in [4.69, 9.17) is 11.5 Å². The number of nitrogens with one attached hydrogen (secondary N) is 2. The lowest BCUT2D eigenvalue weighted by Gasteiger charge is -2.14. The van der Waals surface area contributed by atoms with Gasteiger partial charge < -0.3 is 21.8 Å². The number of allylic oxidation sites excluding steroid dienone is 1. The minimum Gasteiger partial charge on any atom is -0.402 e. The van der Waals surface area contributed by atoms with Crippen molar-refractivity contribution < 1.29 is 13.2 Å². The smallest absolute Gasteiger partial charge is 0.402 e. The summed E-state index contributed by atoms with van der Waals surface area (Å²) in [7, 11) is 0. The molecule has 0 bridgehead atoms. The zero-order valence-corrected chi connectivity index (χ0v) is 14.6. The molecule has 0 saturated carbocycles. The fourth-order valence-electron chi connectivity index (χ4n) is 2.51. The molecule has 2 rings (SSSR count). The number of alkyl halides is 3. The molecule has 8 heteroatoms. The van der Waals surface area contributed by atoms with Gasteiger partial charge in [-0.25, -0.2) is 0 Å². The van der Waals surface area contributed by atoms with Gasteiger partial charge in [0.2, 0.25) is 0 Å². The maximum absolute atomic E-state index is 12.9.